The molecule has 0 bridgehead atoms. The Morgan fingerprint density at radius 3 is 2.70 bits per heavy atom. The highest BCUT2D eigenvalue weighted by Gasteiger charge is 2.27. The number of nitrogens with zero attached hydrogens (tertiary/aromatic N) is 1. The molecule has 1 atom stereocenters. The third-order valence-corrected chi connectivity index (χ3v) is 4.62. The zero-order chi connectivity index (χ0) is 16.7. The summed E-state index contributed by atoms with van der Waals surface area (Å²) in [6, 6.07) is 8.16. The first-order valence-corrected chi connectivity index (χ1v) is 8.70. The molecule has 1 aliphatic rings. The van der Waals surface area contributed by atoms with Crippen LogP contribution in [-0.2, 0) is 16.1 Å². The summed E-state index contributed by atoms with van der Waals surface area (Å²) >= 11 is 0. The molecule has 1 saturated carbocycles. The van der Waals surface area contributed by atoms with Gasteiger partial charge < -0.3 is 14.4 Å². The fraction of sp³-hybridized carbons (Fsp3) is 0.632. The van der Waals surface area contributed by atoms with Crippen molar-refractivity contribution in [2.45, 2.75) is 64.7 Å². The largest absolute Gasteiger partial charge is 0.497 e. The Bertz CT molecular complexity index is 497. The molecule has 0 heterocycles. The van der Waals surface area contributed by atoms with E-state index in [1.807, 2.05) is 36.1 Å². The van der Waals surface area contributed by atoms with E-state index in [4.69, 9.17) is 9.47 Å². The predicted molar refractivity (Wildman–Crippen MR) is 91.5 cm³/mol. The minimum absolute atomic E-state index is 0.113. The van der Waals surface area contributed by atoms with Gasteiger partial charge in [-0.1, -0.05) is 31.4 Å². The summed E-state index contributed by atoms with van der Waals surface area (Å²) in [5.41, 5.74) is 1.02. The van der Waals surface area contributed by atoms with Crippen LogP contribution in [0.4, 0.5) is 0 Å². The van der Waals surface area contributed by atoms with E-state index >= 15 is 0 Å². The maximum atomic E-state index is 12.7. The zero-order valence-electron chi connectivity index (χ0n) is 14.6. The summed E-state index contributed by atoms with van der Waals surface area (Å²) < 4.78 is 11.0. The molecule has 1 aromatic rings. The molecule has 0 aliphatic heterocycles. The maximum Gasteiger partial charge on any atom is 0.251 e. The van der Waals surface area contributed by atoms with Crippen molar-refractivity contribution in [1.82, 2.24) is 4.90 Å². The number of methoxy groups -OCH3 is 1. The Kier molecular flexibility index (Phi) is 6.90. The third kappa shape index (κ3) is 4.96. The number of benzene rings is 1. The molecule has 2 rings (SSSR count). The van der Waals surface area contributed by atoms with Crippen LogP contribution in [0.2, 0.25) is 0 Å². The van der Waals surface area contributed by atoms with Crippen molar-refractivity contribution < 1.29 is 14.3 Å². The fourth-order valence-electron chi connectivity index (χ4n) is 3.27. The van der Waals surface area contributed by atoms with Crippen molar-refractivity contribution >= 4 is 5.91 Å². The number of hydrogen-bond acceptors (Lipinski definition) is 3. The highest BCUT2D eigenvalue weighted by Crippen LogP contribution is 2.23. The molecule has 0 aromatic heterocycles. The lowest BCUT2D eigenvalue weighted by atomic mass is 9.94. The molecule has 4 heteroatoms. The van der Waals surface area contributed by atoms with Crippen LogP contribution in [0.3, 0.4) is 0 Å². The molecule has 1 amide bonds. The number of rotatable bonds is 7. The Morgan fingerprint density at radius 1 is 1.30 bits per heavy atom. The fourth-order valence-corrected chi connectivity index (χ4v) is 3.27. The molecule has 1 fully saturated rings. The van der Waals surface area contributed by atoms with Crippen LogP contribution >= 0.6 is 0 Å². The summed E-state index contributed by atoms with van der Waals surface area (Å²) in [7, 11) is 1.65. The Hall–Kier alpha value is -1.55. The van der Waals surface area contributed by atoms with Crippen LogP contribution in [-0.4, -0.2) is 36.6 Å². The highest BCUT2D eigenvalue weighted by molar-refractivity contribution is 5.80. The summed E-state index contributed by atoms with van der Waals surface area (Å²) in [5.74, 6) is 0.921. The van der Waals surface area contributed by atoms with Gasteiger partial charge in [-0.3, -0.25) is 4.79 Å². The molecular formula is C19H29NO3. The number of hydrogen-bond donors (Lipinski definition) is 0. The number of carbonyl (C=O) groups excluding carboxylic acids is 1. The van der Waals surface area contributed by atoms with Crippen LogP contribution < -0.4 is 4.74 Å². The van der Waals surface area contributed by atoms with Crippen molar-refractivity contribution in [3.8, 4) is 5.75 Å². The Labute approximate surface area is 139 Å². The lowest BCUT2D eigenvalue weighted by molar-refractivity contribution is -0.146. The number of ether oxygens (including phenoxy) is 2. The van der Waals surface area contributed by atoms with Crippen molar-refractivity contribution in [1.29, 1.82) is 0 Å². The molecule has 0 spiro atoms. The minimum Gasteiger partial charge on any atom is -0.497 e. The molecule has 0 N–H and O–H groups in total. The van der Waals surface area contributed by atoms with Crippen molar-refractivity contribution in [3.63, 3.8) is 0 Å². The van der Waals surface area contributed by atoms with Gasteiger partial charge in [0, 0.05) is 12.6 Å². The molecular weight excluding hydrogens is 290 g/mol. The molecule has 1 aromatic carbocycles. The number of amides is 1. The van der Waals surface area contributed by atoms with Crippen LogP contribution in [0.25, 0.3) is 0 Å². The topological polar surface area (TPSA) is 38.8 Å². The van der Waals surface area contributed by atoms with E-state index in [0.29, 0.717) is 12.6 Å². The van der Waals surface area contributed by atoms with Crippen molar-refractivity contribution in [2.24, 2.45) is 0 Å². The van der Waals surface area contributed by atoms with E-state index in [1.165, 1.54) is 19.3 Å². The van der Waals surface area contributed by atoms with E-state index in [-0.39, 0.29) is 5.91 Å². The van der Waals surface area contributed by atoms with E-state index in [0.717, 1.165) is 30.7 Å². The summed E-state index contributed by atoms with van der Waals surface area (Å²) in [5, 5.41) is 0. The lowest BCUT2D eigenvalue weighted by Crippen LogP contribution is -2.46. The zero-order valence-corrected chi connectivity index (χ0v) is 14.6. The second-order valence-electron chi connectivity index (χ2n) is 6.22. The van der Waals surface area contributed by atoms with Gasteiger partial charge >= 0.3 is 0 Å². The minimum atomic E-state index is -0.414. The third-order valence-electron chi connectivity index (χ3n) is 4.62. The average molecular weight is 319 g/mol. The highest BCUT2D eigenvalue weighted by atomic mass is 16.5. The van der Waals surface area contributed by atoms with Gasteiger partial charge in [0.05, 0.1) is 13.7 Å². The first-order chi connectivity index (χ1) is 11.2. The normalized spacial score (nSPS) is 16.8. The molecule has 0 radical (unpaired) electrons. The molecule has 4 nitrogen and oxygen atoms in total. The van der Waals surface area contributed by atoms with E-state index in [1.54, 1.807) is 7.11 Å². The Balaban J connectivity index is 1.89. The second kappa shape index (κ2) is 8.92. The van der Waals surface area contributed by atoms with Crippen molar-refractivity contribution in [3.05, 3.63) is 29.8 Å². The van der Waals surface area contributed by atoms with E-state index < -0.39 is 6.10 Å². The summed E-state index contributed by atoms with van der Waals surface area (Å²) in [4.78, 5) is 14.7. The first kappa shape index (κ1) is 17.8. The van der Waals surface area contributed by atoms with Gasteiger partial charge in [0.25, 0.3) is 5.91 Å². The van der Waals surface area contributed by atoms with Gasteiger partial charge in [0.2, 0.25) is 0 Å². The average Bonchev–Trinajstić information content (AvgIpc) is 2.61. The predicted octanol–water partition coefficient (Wildman–Crippen LogP) is 3.78. The standard InChI is InChI=1S/C19H29NO3/c1-4-20(17-10-6-5-7-11-17)19(21)15(2)23-14-16-9-8-12-18(13-16)22-3/h8-9,12-13,15,17H,4-7,10-11,14H2,1-3H3. The molecule has 23 heavy (non-hydrogen) atoms. The van der Waals surface area contributed by atoms with Crippen LogP contribution in [0.15, 0.2) is 24.3 Å². The quantitative estimate of drug-likeness (QED) is 0.767. The van der Waals surface area contributed by atoms with Gasteiger partial charge in [-0.05, 0) is 44.4 Å². The SMILES string of the molecule is CCN(C(=O)C(C)OCc1cccc(OC)c1)C1CCCCC1. The van der Waals surface area contributed by atoms with Gasteiger partial charge in [0.1, 0.15) is 11.9 Å². The summed E-state index contributed by atoms with van der Waals surface area (Å²) in [6.07, 6.45) is 5.60. The molecule has 1 aliphatic carbocycles. The van der Waals surface area contributed by atoms with Crippen molar-refractivity contribution in [2.75, 3.05) is 13.7 Å². The maximum absolute atomic E-state index is 12.7. The molecule has 0 saturated heterocycles. The molecule has 128 valence electrons. The van der Waals surface area contributed by atoms with Gasteiger partial charge in [-0.25, -0.2) is 0 Å². The van der Waals surface area contributed by atoms with Crippen LogP contribution in [0.5, 0.6) is 5.75 Å². The summed E-state index contributed by atoms with van der Waals surface area (Å²) in [6.45, 7) is 5.10. The second-order valence-corrected chi connectivity index (χ2v) is 6.22. The van der Waals surface area contributed by atoms with Gasteiger partial charge in [-0.2, -0.15) is 0 Å². The monoisotopic (exact) mass is 319 g/mol. The van der Waals surface area contributed by atoms with E-state index in [9.17, 15) is 4.79 Å². The van der Waals surface area contributed by atoms with Gasteiger partial charge in [0.15, 0.2) is 0 Å². The Morgan fingerprint density at radius 2 is 2.04 bits per heavy atom. The number of likely N-dealkylation sites (N-methyl/N-ethyl adjacent to an activating group) is 1. The first-order valence-electron chi connectivity index (χ1n) is 8.70. The lowest BCUT2D eigenvalue weighted by Gasteiger charge is -2.35. The van der Waals surface area contributed by atoms with Crippen LogP contribution in [0, 0.1) is 0 Å². The van der Waals surface area contributed by atoms with Crippen LogP contribution in [0.1, 0.15) is 51.5 Å². The number of carbonyl (C=O) groups is 1. The van der Waals surface area contributed by atoms with Gasteiger partial charge in [-0.15, -0.1) is 0 Å². The smallest absolute Gasteiger partial charge is 0.251 e. The van der Waals surface area contributed by atoms with E-state index in [2.05, 4.69) is 6.92 Å². The molecule has 1 unspecified atom stereocenters.